The molecule has 0 fully saturated rings. The summed E-state index contributed by atoms with van der Waals surface area (Å²) in [5.74, 6) is -0.332. The number of hydrogen-bond donors (Lipinski definition) is 0. The van der Waals surface area contributed by atoms with Crippen LogP contribution in [0.4, 0.5) is 0 Å². The van der Waals surface area contributed by atoms with Crippen molar-refractivity contribution in [3.05, 3.63) is 12.7 Å². The van der Waals surface area contributed by atoms with Crippen LogP contribution >= 0.6 is 0 Å². The molecule has 0 aromatic carbocycles. The maximum Gasteiger partial charge on any atom is 0.330 e. The van der Waals surface area contributed by atoms with E-state index in [1.54, 1.807) is 0 Å². The summed E-state index contributed by atoms with van der Waals surface area (Å²) in [7, 11) is 4.32. The summed E-state index contributed by atoms with van der Waals surface area (Å²) < 4.78 is 5.83. The molecule has 0 heterocycles. The Kier molecular flexibility index (Phi) is 8.89. The lowest BCUT2D eigenvalue weighted by Gasteiger charge is -2.27. The van der Waals surface area contributed by atoms with Crippen LogP contribution in [0.25, 0.3) is 0 Å². The number of carbonyl (C=O) groups is 1. The van der Waals surface area contributed by atoms with E-state index in [1.165, 1.54) is 6.08 Å². The van der Waals surface area contributed by atoms with E-state index in [2.05, 4.69) is 27.6 Å². The molecule has 0 aromatic heterocycles. The molecule has 0 radical (unpaired) electrons. The summed E-state index contributed by atoms with van der Waals surface area (Å²) in [6.45, 7) is 8.09. The first-order valence-electron chi connectivity index (χ1n) is 4.63. The van der Waals surface area contributed by atoms with Gasteiger partial charge in [-0.05, 0) is 6.92 Å². The van der Waals surface area contributed by atoms with Gasteiger partial charge in [0, 0.05) is 12.5 Å². The second-order valence-corrected chi connectivity index (χ2v) is 3.70. The van der Waals surface area contributed by atoms with Gasteiger partial charge in [-0.25, -0.2) is 4.79 Å². The summed E-state index contributed by atoms with van der Waals surface area (Å²) in [5, 5.41) is 0. The second-order valence-electron chi connectivity index (χ2n) is 3.70. The Hall–Kier alpha value is -0.540. The van der Waals surface area contributed by atoms with E-state index in [1.807, 2.05) is 0 Å². The lowest BCUT2D eigenvalue weighted by molar-refractivity contribution is -0.888. The lowest BCUT2D eigenvalue weighted by atomic mass is 10.3. The molecule has 0 aliphatic rings. The fraction of sp³-hybridized carbons (Fsp3) is 0.700. The number of nitrogens with zero attached hydrogens (tertiary/aromatic N) is 1. The van der Waals surface area contributed by atoms with Crippen LogP contribution in [-0.2, 0) is 9.53 Å². The van der Waals surface area contributed by atoms with Crippen LogP contribution in [0.2, 0.25) is 0 Å². The van der Waals surface area contributed by atoms with E-state index in [0.29, 0.717) is 6.61 Å². The van der Waals surface area contributed by atoms with Crippen LogP contribution in [-0.4, -0.2) is 44.2 Å². The molecule has 0 saturated heterocycles. The molecular weight excluding hydrogens is 202 g/mol. The highest BCUT2D eigenvalue weighted by molar-refractivity contribution is 5.81. The van der Waals surface area contributed by atoms with Gasteiger partial charge in [-0.1, -0.05) is 6.58 Å². The van der Waals surface area contributed by atoms with Crippen molar-refractivity contribution in [1.82, 2.24) is 0 Å². The third kappa shape index (κ3) is 8.08. The van der Waals surface area contributed by atoms with Crippen molar-refractivity contribution in [1.29, 1.82) is 0 Å². The topological polar surface area (TPSA) is 26.3 Å². The molecule has 14 heavy (non-hydrogen) atoms. The standard InChI is InChI=1S/C10H20NO2.ClH/c1-5-10(12)13-9-7-8-11(3,4)6-2;/h5H,1,6-9H2,2-4H3;1H/q+1;/p-1. The van der Waals surface area contributed by atoms with Gasteiger partial charge >= 0.3 is 5.97 Å². The molecule has 0 atom stereocenters. The third-order valence-electron chi connectivity index (χ3n) is 2.17. The van der Waals surface area contributed by atoms with Crippen molar-refractivity contribution in [3.8, 4) is 0 Å². The van der Waals surface area contributed by atoms with Crippen molar-refractivity contribution >= 4 is 5.97 Å². The van der Waals surface area contributed by atoms with Gasteiger partial charge in [0.15, 0.2) is 0 Å². The number of hydrogen-bond acceptors (Lipinski definition) is 2. The van der Waals surface area contributed by atoms with E-state index in [9.17, 15) is 4.79 Å². The second kappa shape index (κ2) is 7.83. The van der Waals surface area contributed by atoms with Crippen LogP contribution < -0.4 is 12.4 Å². The molecule has 0 N–H and O–H groups in total. The number of halogens is 1. The van der Waals surface area contributed by atoms with Gasteiger partial charge in [0.2, 0.25) is 0 Å². The predicted molar refractivity (Wildman–Crippen MR) is 53.3 cm³/mol. The first kappa shape index (κ1) is 15.9. The Morgan fingerprint density at radius 3 is 2.50 bits per heavy atom. The molecule has 3 nitrogen and oxygen atoms in total. The zero-order valence-corrected chi connectivity index (χ0v) is 10.0. The fourth-order valence-corrected chi connectivity index (χ4v) is 0.882. The van der Waals surface area contributed by atoms with E-state index >= 15 is 0 Å². The normalized spacial score (nSPS) is 10.2. The minimum Gasteiger partial charge on any atom is -1.00 e. The van der Waals surface area contributed by atoms with Crippen LogP contribution in [0, 0.1) is 0 Å². The Morgan fingerprint density at radius 1 is 1.50 bits per heavy atom. The fourth-order valence-electron chi connectivity index (χ4n) is 0.882. The number of ether oxygens (including phenoxy) is 1. The molecule has 84 valence electrons. The van der Waals surface area contributed by atoms with E-state index < -0.39 is 0 Å². The largest absolute Gasteiger partial charge is 1.00 e. The van der Waals surface area contributed by atoms with Crippen molar-refractivity contribution in [3.63, 3.8) is 0 Å². The SMILES string of the molecule is C=CC(=O)OCCC[N+](C)(C)CC.[Cl-]. The number of carbonyl (C=O) groups excluding carboxylic acids is 1. The average molecular weight is 222 g/mol. The molecule has 4 heteroatoms. The van der Waals surface area contributed by atoms with Crippen molar-refractivity contribution < 1.29 is 26.4 Å². The summed E-state index contributed by atoms with van der Waals surface area (Å²) >= 11 is 0. The van der Waals surface area contributed by atoms with Crippen molar-refractivity contribution in [2.24, 2.45) is 0 Å². The molecular formula is C10H20ClNO2. The van der Waals surface area contributed by atoms with Crippen LogP contribution in [0.15, 0.2) is 12.7 Å². The lowest BCUT2D eigenvalue weighted by Crippen LogP contribution is -3.00. The number of rotatable bonds is 6. The van der Waals surface area contributed by atoms with E-state index in [-0.39, 0.29) is 18.4 Å². The maximum absolute atomic E-state index is 10.7. The Bertz CT molecular complexity index is 181. The first-order valence-corrected chi connectivity index (χ1v) is 4.63. The highest BCUT2D eigenvalue weighted by Gasteiger charge is 2.10. The zero-order chi connectivity index (χ0) is 10.3. The molecule has 0 aliphatic carbocycles. The summed E-state index contributed by atoms with van der Waals surface area (Å²) in [5.41, 5.74) is 0. The number of quaternary nitrogens is 1. The van der Waals surface area contributed by atoms with Crippen LogP contribution in [0.3, 0.4) is 0 Å². The van der Waals surface area contributed by atoms with Gasteiger partial charge in [0.1, 0.15) is 0 Å². The quantitative estimate of drug-likeness (QED) is 0.229. The van der Waals surface area contributed by atoms with Crippen LogP contribution in [0.1, 0.15) is 13.3 Å². The molecule has 0 spiro atoms. The summed E-state index contributed by atoms with van der Waals surface area (Å²) in [6, 6.07) is 0. The highest BCUT2D eigenvalue weighted by atomic mass is 35.5. The third-order valence-corrected chi connectivity index (χ3v) is 2.17. The Balaban J connectivity index is 0. The minimum atomic E-state index is -0.332. The molecule has 0 aliphatic heterocycles. The van der Waals surface area contributed by atoms with E-state index in [4.69, 9.17) is 4.74 Å². The summed E-state index contributed by atoms with van der Waals surface area (Å²) in [6.07, 6.45) is 2.10. The van der Waals surface area contributed by atoms with Crippen LogP contribution in [0.5, 0.6) is 0 Å². The molecule has 0 bridgehead atoms. The monoisotopic (exact) mass is 221 g/mol. The van der Waals surface area contributed by atoms with Gasteiger partial charge in [-0.2, -0.15) is 0 Å². The van der Waals surface area contributed by atoms with Crippen molar-refractivity contribution in [2.75, 3.05) is 33.8 Å². The molecule has 0 rings (SSSR count). The van der Waals surface area contributed by atoms with Gasteiger partial charge in [-0.15, -0.1) is 0 Å². The van der Waals surface area contributed by atoms with Gasteiger partial charge in [0.05, 0.1) is 33.8 Å². The zero-order valence-electron chi connectivity index (χ0n) is 9.25. The van der Waals surface area contributed by atoms with Gasteiger partial charge in [-0.3, -0.25) is 0 Å². The summed E-state index contributed by atoms with van der Waals surface area (Å²) in [4.78, 5) is 10.7. The highest BCUT2D eigenvalue weighted by Crippen LogP contribution is 1.98. The smallest absolute Gasteiger partial charge is 0.330 e. The van der Waals surface area contributed by atoms with Crippen molar-refractivity contribution in [2.45, 2.75) is 13.3 Å². The Labute approximate surface area is 92.7 Å². The molecule has 0 saturated carbocycles. The first-order chi connectivity index (χ1) is 6.02. The van der Waals surface area contributed by atoms with Gasteiger partial charge in [0.25, 0.3) is 0 Å². The molecule has 0 unspecified atom stereocenters. The van der Waals surface area contributed by atoms with Gasteiger partial charge < -0.3 is 21.6 Å². The van der Waals surface area contributed by atoms with E-state index in [0.717, 1.165) is 24.0 Å². The maximum atomic E-state index is 10.7. The minimum absolute atomic E-state index is 0. The Morgan fingerprint density at radius 2 is 2.07 bits per heavy atom. The molecule has 0 aromatic rings. The predicted octanol–water partition coefficient (Wildman–Crippen LogP) is -1.79. The average Bonchev–Trinajstić information content (AvgIpc) is 2.12. The molecule has 0 amide bonds. The number of esters is 1.